The molecule has 2 N–H and O–H groups in total. The van der Waals surface area contributed by atoms with Gasteiger partial charge in [0.1, 0.15) is 17.2 Å². The van der Waals surface area contributed by atoms with Crippen LogP contribution in [0.2, 0.25) is 0 Å². The summed E-state index contributed by atoms with van der Waals surface area (Å²) in [5, 5.41) is 8.70. The molecule has 0 unspecified atom stereocenters. The Bertz CT molecular complexity index is 978. The van der Waals surface area contributed by atoms with Crippen molar-refractivity contribution in [3.8, 4) is 11.5 Å². The normalized spacial score (nSPS) is 11.1. The minimum atomic E-state index is -0.136. The third-order valence-electron chi connectivity index (χ3n) is 4.12. The van der Waals surface area contributed by atoms with Gasteiger partial charge in [-0.2, -0.15) is 5.10 Å². The first-order valence-electron chi connectivity index (χ1n) is 7.43. The third-order valence-corrected chi connectivity index (χ3v) is 4.12. The van der Waals surface area contributed by atoms with Gasteiger partial charge in [0.05, 0.1) is 19.7 Å². The number of hydrogen-bond acceptors (Lipinski definition) is 4. The molecule has 0 saturated carbocycles. The van der Waals surface area contributed by atoms with Gasteiger partial charge in [-0.25, -0.2) is 0 Å². The molecule has 0 saturated heterocycles. The maximum absolute atomic E-state index is 12.9. The molecule has 0 bridgehead atoms. The molecule has 0 fully saturated rings. The summed E-state index contributed by atoms with van der Waals surface area (Å²) >= 11 is 0. The van der Waals surface area contributed by atoms with Crippen LogP contribution in [0.15, 0.2) is 42.6 Å². The molecule has 0 spiro atoms. The van der Waals surface area contributed by atoms with Crippen LogP contribution in [0.5, 0.6) is 11.5 Å². The van der Waals surface area contributed by atoms with Crippen LogP contribution in [0.25, 0.3) is 21.8 Å². The highest BCUT2D eigenvalue weighted by Crippen LogP contribution is 2.27. The highest BCUT2D eigenvalue weighted by molar-refractivity contribution is 6.20. The quantitative estimate of drug-likeness (QED) is 0.565. The molecule has 0 aliphatic carbocycles. The zero-order valence-corrected chi connectivity index (χ0v) is 13.2. The van der Waals surface area contributed by atoms with Crippen molar-refractivity contribution in [1.82, 2.24) is 15.2 Å². The van der Waals surface area contributed by atoms with Crippen molar-refractivity contribution >= 4 is 27.6 Å². The fourth-order valence-corrected chi connectivity index (χ4v) is 2.85. The van der Waals surface area contributed by atoms with E-state index in [9.17, 15) is 4.79 Å². The average Bonchev–Trinajstić information content (AvgIpc) is 3.23. The van der Waals surface area contributed by atoms with E-state index in [0.717, 1.165) is 27.6 Å². The fourth-order valence-electron chi connectivity index (χ4n) is 2.85. The second-order valence-electron chi connectivity index (χ2n) is 5.43. The number of aromatic amines is 2. The first-order valence-corrected chi connectivity index (χ1v) is 7.43. The number of ketones is 1. The predicted molar refractivity (Wildman–Crippen MR) is 90.9 cm³/mol. The number of H-pyrrole nitrogens is 2. The van der Waals surface area contributed by atoms with Crippen LogP contribution >= 0.6 is 0 Å². The zero-order valence-electron chi connectivity index (χ0n) is 13.2. The Labute approximate surface area is 137 Å². The Morgan fingerprint density at radius 1 is 0.958 bits per heavy atom. The topological polar surface area (TPSA) is 80.0 Å². The van der Waals surface area contributed by atoms with E-state index < -0.39 is 0 Å². The second kappa shape index (κ2) is 5.42. The largest absolute Gasteiger partial charge is 0.497 e. The molecule has 0 radical (unpaired) electrons. The third kappa shape index (κ3) is 2.11. The summed E-state index contributed by atoms with van der Waals surface area (Å²) in [5.74, 6) is 1.31. The van der Waals surface area contributed by atoms with E-state index in [2.05, 4.69) is 15.2 Å². The van der Waals surface area contributed by atoms with Gasteiger partial charge in [-0.3, -0.25) is 9.89 Å². The van der Waals surface area contributed by atoms with Gasteiger partial charge in [0.15, 0.2) is 0 Å². The number of aromatic nitrogens is 3. The summed E-state index contributed by atoms with van der Waals surface area (Å²) in [5.41, 5.74) is 2.58. The monoisotopic (exact) mass is 321 g/mol. The highest BCUT2D eigenvalue weighted by Gasteiger charge is 2.20. The molecule has 6 heteroatoms. The lowest BCUT2D eigenvalue weighted by Crippen LogP contribution is -2.01. The van der Waals surface area contributed by atoms with E-state index in [-0.39, 0.29) is 5.78 Å². The number of ether oxygens (including phenoxy) is 2. The molecule has 0 atom stereocenters. The number of benzene rings is 2. The predicted octanol–water partition coefficient (Wildman–Crippen LogP) is 3.29. The Morgan fingerprint density at radius 2 is 1.62 bits per heavy atom. The van der Waals surface area contributed by atoms with Gasteiger partial charge in [-0.05, 0) is 24.3 Å². The molecule has 4 rings (SSSR count). The van der Waals surface area contributed by atoms with Crippen molar-refractivity contribution in [1.29, 1.82) is 0 Å². The van der Waals surface area contributed by atoms with Gasteiger partial charge in [-0.1, -0.05) is 0 Å². The van der Waals surface area contributed by atoms with E-state index >= 15 is 0 Å². The first kappa shape index (κ1) is 14.3. The Hall–Kier alpha value is -3.28. The van der Waals surface area contributed by atoms with Crippen molar-refractivity contribution < 1.29 is 14.3 Å². The van der Waals surface area contributed by atoms with Crippen LogP contribution < -0.4 is 9.47 Å². The van der Waals surface area contributed by atoms with Crippen molar-refractivity contribution in [2.24, 2.45) is 0 Å². The van der Waals surface area contributed by atoms with Gasteiger partial charge in [0.2, 0.25) is 5.78 Å². The zero-order chi connectivity index (χ0) is 16.7. The molecule has 6 nitrogen and oxygen atoms in total. The Kier molecular flexibility index (Phi) is 3.23. The van der Waals surface area contributed by atoms with Crippen molar-refractivity contribution in [2.45, 2.75) is 0 Å². The van der Waals surface area contributed by atoms with Gasteiger partial charge in [-0.15, -0.1) is 0 Å². The van der Waals surface area contributed by atoms with Crippen molar-refractivity contribution in [2.75, 3.05) is 14.2 Å². The second-order valence-corrected chi connectivity index (χ2v) is 5.43. The lowest BCUT2D eigenvalue weighted by Gasteiger charge is -2.01. The van der Waals surface area contributed by atoms with Crippen LogP contribution in [0.4, 0.5) is 0 Å². The Morgan fingerprint density at radius 3 is 2.33 bits per heavy atom. The lowest BCUT2D eigenvalue weighted by molar-refractivity contribution is 0.103. The number of rotatable bonds is 4. The standard InChI is InChI=1S/C18H15N3O3/c1-23-10-3-5-12-14(9-19-15(12)7-10)18(22)17-13-6-4-11(24-2)8-16(13)20-21-17/h3-9,19H,1-2H3,(H,20,21). The number of nitrogens with zero attached hydrogens (tertiary/aromatic N) is 1. The van der Waals surface area contributed by atoms with Crippen LogP contribution in [0.3, 0.4) is 0 Å². The molecular formula is C18H15N3O3. The van der Waals surface area contributed by atoms with Gasteiger partial charge < -0.3 is 14.5 Å². The maximum atomic E-state index is 12.9. The van der Waals surface area contributed by atoms with E-state index in [1.165, 1.54) is 0 Å². The molecule has 0 amide bonds. The van der Waals surface area contributed by atoms with Crippen LogP contribution in [0, 0.1) is 0 Å². The fraction of sp³-hybridized carbons (Fsp3) is 0.111. The van der Waals surface area contributed by atoms with Crippen LogP contribution in [0.1, 0.15) is 16.1 Å². The number of fused-ring (bicyclic) bond motifs is 2. The summed E-state index contributed by atoms with van der Waals surface area (Å²) in [4.78, 5) is 16.1. The molecule has 0 aliphatic heterocycles. The highest BCUT2D eigenvalue weighted by atomic mass is 16.5. The van der Waals surface area contributed by atoms with E-state index in [4.69, 9.17) is 9.47 Å². The molecule has 24 heavy (non-hydrogen) atoms. The van der Waals surface area contributed by atoms with Crippen molar-refractivity contribution in [3.05, 3.63) is 53.9 Å². The van der Waals surface area contributed by atoms with Gasteiger partial charge >= 0.3 is 0 Å². The first-order chi connectivity index (χ1) is 11.7. The van der Waals surface area contributed by atoms with E-state index in [1.54, 1.807) is 20.4 Å². The summed E-state index contributed by atoms with van der Waals surface area (Å²) in [6.45, 7) is 0. The number of hydrogen-bond donors (Lipinski definition) is 2. The summed E-state index contributed by atoms with van der Waals surface area (Å²) in [6, 6.07) is 11.0. The smallest absolute Gasteiger partial charge is 0.216 e. The number of methoxy groups -OCH3 is 2. The molecule has 4 aromatic rings. The average molecular weight is 321 g/mol. The summed E-state index contributed by atoms with van der Waals surface area (Å²) in [7, 11) is 3.21. The SMILES string of the molecule is COc1ccc2c(C(=O)c3n[nH]c4cc(OC)ccc34)c[nH]c2c1. The van der Waals surface area contributed by atoms with E-state index in [1.807, 2.05) is 36.4 Å². The number of carbonyl (C=O) groups excluding carboxylic acids is 1. The molecule has 2 aromatic heterocycles. The molecule has 0 aliphatic rings. The summed E-state index contributed by atoms with van der Waals surface area (Å²) in [6.07, 6.45) is 1.70. The Balaban J connectivity index is 1.81. The molecule has 120 valence electrons. The lowest BCUT2D eigenvalue weighted by atomic mass is 10.0. The minimum Gasteiger partial charge on any atom is -0.497 e. The van der Waals surface area contributed by atoms with E-state index in [0.29, 0.717) is 17.0 Å². The molecular weight excluding hydrogens is 306 g/mol. The van der Waals surface area contributed by atoms with Gasteiger partial charge in [0, 0.05) is 40.2 Å². The van der Waals surface area contributed by atoms with Crippen LogP contribution in [-0.4, -0.2) is 35.2 Å². The van der Waals surface area contributed by atoms with Crippen LogP contribution in [-0.2, 0) is 0 Å². The van der Waals surface area contributed by atoms with Crippen molar-refractivity contribution in [3.63, 3.8) is 0 Å². The van der Waals surface area contributed by atoms with Gasteiger partial charge in [0.25, 0.3) is 0 Å². The minimum absolute atomic E-state index is 0.136. The summed E-state index contributed by atoms with van der Waals surface area (Å²) < 4.78 is 10.4. The molecule has 2 aromatic carbocycles. The number of nitrogens with one attached hydrogen (secondary N) is 2. The number of carbonyl (C=O) groups is 1. The molecule has 2 heterocycles. The maximum Gasteiger partial charge on any atom is 0.216 e.